The highest BCUT2D eigenvalue weighted by Crippen LogP contribution is 2.18. The summed E-state index contributed by atoms with van der Waals surface area (Å²) in [5, 5.41) is 4.02. The number of carbonyl (C=O) groups excluding carboxylic acids is 1. The van der Waals surface area contributed by atoms with Gasteiger partial charge in [-0.2, -0.15) is 0 Å². The van der Waals surface area contributed by atoms with E-state index in [1.807, 2.05) is 36.1 Å². The first-order valence-corrected chi connectivity index (χ1v) is 9.55. The molecule has 2 aromatic heterocycles. The molecule has 1 aliphatic heterocycles. The van der Waals surface area contributed by atoms with Crippen LogP contribution < -0.4 is 0 Å². The first kappa shape index (κ1) is 17.7. The van der Waals surface area contributed by atoms with Gasteiger partial charge in [0.05, 0.1) is 17.6 Å². The van der Waals surface area contributed by atoms with Crippen LogP contribution in [-0.4, -0.2) is 63.1 Å². The minimum Gasteiger partial charge on any atom is -0.359 e. The van der Waals surface area contributed by atoms with E-state index in [1.54, 1.807) is 6.07 Å². The molecule has 7 nitrogen and oxygen atoms in total. The van der Waals surface area contributed by atoms with E-state index in [0.29, 0.717) is 18.0 Å². The second-order valence-electron chi connectivity index (χ2n) is 7.05. The monoisotopic (exact) mass is 367 g/mol. The van der Waals surface area contributed by atoms with Gasteiger partial charge in [-0.05, 0) is 32.0 Å². The Morgan fingerprint density at radius 1 is 1.19 bits per heavy atom. The number of hydrogen-bond donors (Lipinski definition) is 0. The highest BCUT2D eigenvalue weighted by atomic mass is 16.5. The van der Waals surface area contributed by atoms with Crippen LogP contribution in [0.15, 0.2) is 34.9 Å². The summed E-state index contributed by atoms with van der Waals surface area (Å²) >= 11 is 0. The zero-order valence-corrected chi connectivity index (χ0v) is 15.9. The maximum absolute atomic E-state index is 12.7. The number of fused-ring (bicyclic) bond motifs is 1. The van der Waals surface area contributed by atoms with E-state index in [2.05, 4.69) is 26.5 Å². The quantitative estimate of drug-likeness (QED) is 0.693. The molecule has 4 rings (SSSR count). The number of piperazine rings is 1. The Labute approximate surface area is 158 Å². The van der Waals surface area contributed by atoms with Crippen LogP contribution >= 0.6 is 0 Å². The van der Waals surface area contributed by atoms with Gasteiger partial charge in [-0.1, -0.05) is 24.2 Å². The van der Waals surface area contributed by atoms with Crippen molar-refractivity contribution < 1.29 is 9.32 Å². The molecule has 142 valence electrons. The molecule has 27 heavy (non-hydrogen) atoms. The number of para-hydroxylation sites is 2. The Bertz CT molecular complexity index is 937. The summed E-state index contributed by atoms with van der Waals surface area (Å²) in [6.07, 6.45) is 1.14. The predicted molar refractivity (Wildman–Crippen MR) is 103 cm³/mol. The molecular formula is C20H25N5O2. The van der Waals surface area contributed by atoms with E-state index in [1.165, 1.54) is 0 Å². The second-order valence-corrected chi connectivity index (χ2v) is 7.05. The Balaban J connectivity index is 1.45. The summed E-state index contributed by atoms with van der Waals surface area (Å²) in [7, 11) is 0. The fraction of sp³-hybridized carbons (Fsp3) is 0.450. The molecule has 0 aliphatic carbocycles. The highest BCUT2D eigenvalue weighted by molar-refractivity contribution is 5.92. The lowest BCUT2D eigenvalue weighted by atomic mass is 10.2. The number of benzene rings is 1. The van der Waals surface area contributed by atoms with Gasteiger partial charge in [0.2, 0.25) is 0 Å². The number of carbonyl (C=O) groups is 1. The number of imidazole rings is 1. The molecule has 0 atom stereocenters. The Morgan fingerprint density at radius 3 is 2.74 bits per heavy atom. The number of hydrogen-bond acceptors (Lipinski definition) is 5. The zero-order chi connectivity index (χ0) is 18.8. The molecule has 1 aliphatic rings. The summed E-state index contributed by atoms with van der Waals surface area (Å²) in [5.74, 6) is 1.52. The van der Waals surface area contributed by atoms with Crippen LogP contribution in [-0.2, 0) is 6.54 Å². The summed E-state index contributed by atoms with van der Waals surface area (Å²) in [6, 6.07) is 9.76. The second kappa shape index (κ2) is 7.52. The summed E-state index contributed by atoms with van der Waals surface area (Å²) in [4.78, 5) is 21.6. The van der Waals surface area contributed by atoms with Crippen molar-refractivity contribution in [3.63, 3.8) is 0 Å². The van der Waals surface area contributed by atoms with Crippen molar-refractivity contribution >= 4 is 16.9 Å². The fourth-order valence-electron chi connectivity index (χ4n) is 3.69. The normalized spacial score (nSPS) is 15.6. The zero-order valence-electron chi connectivity index (χ0n) is 15.9. The van der Waals surface area contributed by atoms with Crippen LogP contribution in [0.5, 0.6) is 0 Å². The van der Waals surface area contributed by atoms with Crippen molar-refractivity contribution in [2.24, 2.45) is 0 Å². The van der Waals surface area contributed by atoms with Crippen molar-refractivity contribution in [3.8, 4) is 0 Å². The van der Waals surface area contributed by atoms with E-state index in [-0.39, 0.29) is 5.91 Å². The van der Waals surface area contributed by atoms with Gasteiger partial charge in [0.25, 0.3) is 5.91 Å². The molecule has 3 heterocycles. The molecule has 7 heteroatoms. The van der Waals surface area contributed by atoms with Crippen LogP contribution in [0.1, 0.15) is 35.4 Å². The third-order valence-corrected chi connectivity index (χ3v) is 5.14. The average molecular weight is 367 g/mol. The van der Waals surface area contributed by atoms with Gasteiger partial charge in [-0.15, -0.1) is 0 Å². The molecule has 3 aromatic rings. The number of nitrogens with zero attached hydrogens (tertiary/aromatic N) is 5. The number of amides is 1. The van der Waals surface area contributed by atoms with Gasteiger partial charge in [-0.3, -0.25) is 9.69 Å². The lowest BCUT2D eigenvalue weighted by Crippen LogP contribution is -2.48. The standard InChI is InChI=1S/C20H25N5O2/c1-3-8-23-9-11-24(12-10-23)20(26)18-13-16(27-22-18)14-25-15(2)21-17-6-4-5-7-19(17)25/h4-7,13H,3,8-12,14H2,1-2H3. The van der Waals surface area contributed by atoms with Crippen molar-refractivity contribution in [1.82, 2.24) is 24.5 Å². The minimum absolute atomic E-state index is 0.0478. The molecule has 1 amide bonds. The van der Waals surface area contributed by atoms with Crippen LogP contribution in [0.25, 0.3) is 11.0 Å². The van der Waals surface area contributed by atoms with Crippen molar-refractivity contribution in [2.45, 2.75) is 26.8 Å². The van der Waals surface area contributed by atoms with E-state index >= 15 is 0 Å². The maximum Gasteiger partial charge on any atom is 0.276 e. The van der Waals surface area contributed by atoms with Gasteiger partial charge in [0.1, 0.15) is 5.82 Å². The third-order valence-electron chi connectivity index (χ3n) is 5.14. The molecule has 1 fully saturated rings. The smallest absolute Gasteiger partial charge is 0.276 e. The number of aryl methyl sites for hydroxylation is 1. The van der Waals surface area contributed by atoms with Gasteiger partial charge < -0.3 is 14.0 Å². The molecule has 0 radical (unpaired) electrons. The molecule has 1 saturated heterocycles. The van der Waals surface area contributed by atoms with Gasteiger partial charge >= 0.3 is 0 Å². The lowest BCUT2D eigenvalue weighted by Gasteiger charge is -2.34. The summed E-state index contributed by atoms with van der Waals surface area (Å²) in [6.45, 7) is 9.08. The van der Waals surface area contributed by atoms with E-state index in [0.717, 1.165) is 56.0 Å². The lowest BCUT2D eigenvalue weighted by molar-refractivity contribution is 0.0627. The number of aromatic nitrogens is 3. The third kappa shape index (κ3) is 3.60. The topological polar surface area (TPSA) is 67.4 Å². The molecule has 0 unspecified atom stereocenters. The molecule has 1 aromatic carbocycles. The van der Waals surface area contributed by atoms with Crippen LogP contribution in [0.2, 0.25) is 0 Å². The highest BCUT2D eigenvalue weighted by Gasteiger charge is 2.24. The number of rotatable bonds is 5. The maximum atomic E-state index is 12.7. The van der Waals surface area contributed by atoms with Crippen molar-refractivity contribution in [3.05, 3.63) is 47.6 Å². The largest absolute Gasteiger partial charge is 0.359 e. The SMILES string of the molecule is CCCN1CCN(C(=O)c2cc(Cn3c(C)nc4ccccc43)on2)CC1. The van der Waals surface area contributed by atoms with Crippen LogP contribution in [0.4, 0.5) is 0 Å². The Kier molecular flexibility index (Phi) is 4.94. The summed E-state index contributed by atoms with van der Waals surface area (Å²) < 4.78 is 7.53. The Hall–Kier alpha value is -2.67. The fourth-order valence-corrected chi connectivity index (χ4v) is 3.69. The molecule has 0 bridgehead atoms. The first-order valence-electron chi connectivity index (χ1n) is 9.55. The Morgan fingerprint density at radius 2 is 1.96 bits per heavy atom. The van der Waals surface area contributed by atoms with E-state index in [4.69, 9.17) is 4.52 Å². The van der Waals surface area contributed by atoms with Crippen molar-refractivity contribution in [2.75, 3.05) is 32.7 Å². The van der Waals surface area contributed by atoms with Gasteiger partial charge in [0.15, 0.2) is 11.5 Å². The van der Waals surface area contributed by atoms with E-state index in [9.17, 15) is 4.79 Å². The minimum atomic E-state index is -0.0478. The van der Waals surface area contributed by atoms with Gasteiger partial charge in [-0.25, -0.2) is 4.98 Å². The first-order chi connectivity index (χ1) is 13.2. The molecule has 0 saturated carbocycles. The molecule has 0 spiro atoms. The summed E-state index contributed by atoms with van der Waals surface area (Å²) in [5.41, 5.74) is 2.39. The average Bonchev–Trinajstić information content (AvgIpc) is 3.27. The molecular weight excluding hydrogens is 342 g/mol. The van der Waals surface area contributed by atoms with Crippen LogP contribution in [0, 0.1) is 6.92 Å². The van der Waals surface area contributed by atoms with E-state index < -0.39 is 0 Å². The predicted octanol–water partition coefficient (Wildman–Crippen LogP) is 2.55. The van der Waals surface area contributed by atoms with Crippen molar-refractivity contribution in [1.29, 1.82) is 0 Å². The molecule has 0 N–H and O–H groups in total. The van der Waals surface area contributed by atoms with Crippen LogP contribution in [0.3, 0.4) is 0 Å². The van der Waals surface area contributed by atoms with Gasteiger partial charge in [0, 0.05) is 32.2 Å².